The van der Waals surface area contributed by atoms with Crippen LogP contribution in [0.4, 0.5) is 0 Å². The SMILES string of the molecule is CCC(C)C(NC(=O)C(C)NC(=O)C(CCSC)NC(=O)C(N)CCCCN)C(=O)O. The Hall–Kier alpha value is -1.85. The van der Waals surface area contributed by atoms with Gasteiger partial charge in [-0.15, -0.1) is 0 Å². The third kappa shape index (κ3) is 11.4. The van der Waals surface area contributed by atoms with Crippen LogP contribution in [-0.2, 0) is 19.2 Å². The molecule has 0 aliphatic rings. The number of hydrogen-bond acceptors (Lipinski definition) is 7. The minimum Gasteiger partial charge on any atom is -0.480 e. The molecule has 5 unspecified atom stereocenters. The number of nitrogens with two attached hydrogens (primary N) is 2. The molecule has 11 heteroatoms. The van der Waals surface area contributed by atoms with Crippen molar-refractivity contribution in [1.82, 2.24) is 16.0 Å². The van der Waals surface area contributed by atoms with Crippen LogP contribution < -0.4 is 27.4 Å². The van der Waals surface area contributed by atoms with E-state index in [0.29, 0.717) is 38.0 Å². The summed E-state index contributed by atoms with van der Waals surface area (Å²) < 4.78 is 0. The molecule has 0 saturated heterocycles. The van der Waals surface area contributed by atoms with Crippen LogP contribution in [0.1, 0.15) is 52.9 Å². The molecule has 31 heavy (non-hydrogen) atoms. The summed E-state index contributed by atoms with van der Waals surface area (Å²) in [5.74, 6) is -2.33. The number of rotatable bonds is 16. The normalized spacial score (nSPS) is 15.8. The minimum atomic E-state index is -1.13. The molecular weight excluding hydrogens is 422 g/mol. The van der Waals surface area contributed by atoms with Crippen molar-refractivity contribution in [1.29, 1.82) is 0 Å². The maximum absolute atomic E-state index is 12.7. The summed E-state index contributed by atoms with van der Waals surface area (Å²) in [6, 6.07) is -3.61. The van der Waals surface area contributed by atoms with E-state index >= 15 is 0 Å². The van der Waals surface area contributed by atoms with E-state index in [9.17, 15) is 24.3 Å². The number of unbranched alkanes of at least 4 members (excludes halogenated alkanes) is 1. The van der Waals surface area contributed by atoms with Crippen LogP contribution >= 0.6 is 11.8 Å². The second kappa shape index (κ2) is 15.9. The van der Waals surface area contributed by atoms with Crippen LogP contribution in [0.25, 0.3) is 0 Å². The number of carbonyl (C=O) groups is 4. The number of carboxylic acids is 1. The monoisotopic (exact) mass is 461 g/mol. The molecule has 0 rings (SSSR count). The number of nitrogens with one attached hydrogen (secondary N) is 3. The van der Waals surface area contributed by atoms with Crippen molar-refractivity contribution in [3.05, 3.63) is 0 Å². The number of hydrogen-bond donors (Lipinski definition) is 6. The van der Waals surface area contributed by atoms with Crippen LogP contribution in [0.5, 0.6) is 0 Å². The van der Waals surface area contributed by atoms with Crippen LogP contribution in [-0.4, -0.2) is 71.5 Å². The van der Waals surface area contributed by atoms with Crippen molar-refractivity contribution < 1.29 is 24.3 Å². The number of amides is 3. The zero-order valence-corrected chi connectivity index (χ0v) is 19.8. The predicted octanol–water partition coefficient (Wildman–Crippen LogP) is -0.199. The topological polar surface area (TPSA) is 177 Å². The van der Waals surface area contributed by atoms with Crippen molar-refractivity contribution in [3.63, 3.8) is 0 Å². The molecular formula is C20H39N5O5S. The van der Waals surface area contributed by atoms with Gasteiger partial charge in [-0.2, -0.15) is 11.8 Å². The number of carbonyl (C=O) groups excluding carboxylic acids is 3. The molecule has 0 aromatic carbocycles. The van der Waals surface area contributed by atoms with E-state index in [1.54, 1.807) is 6.92 Å². The van der Waals surface area contributed by atoms with E-state index in [-0.39, 0.29) is 5.92 Å². The Kier molecular flexibility index (Phi) is 14.9. The van der Waals surface area contributed by atoms with Gasteiger partial charge in [-0.1, -0.05) is 26.7 Å². The van der Waals surface area contributed by atoms with Gasteiger partial charge in [-0.25, -0.2) is 4.79 Å². The van der Waals surface area contributed by atoms with Crippen molar-refractivity contribution in [2.45, 2.75) is 77.0 Å². The van der Waals surface area contributed by atoms with Crippen molar-refractivity contribution >= 4 is 35.5 Å². The van der Waals surface area contributed by atoms with Gasteiger partial charge in [0.15, 0.2) is 0 Å². The maximum Gasteiger partial charge on any atom is 0.326 e. The second-order valence-electron chi connectivity index (χ2n) is 7.67. The number of thioether (sulfide) groups is 1. The van der Waals surface area contributed by atoms with E-state index < -0.39 is 47.9 Å². The van der Waals surface area contributed by atoms with Crippen LogP contribution in [0.3, 0.4) is 0 Å². The molecule has 0 spiro atoms. The second-order valence-corrected chi connectivity index (χ2v) is 8.66. The fourth-order valence-corrected chi connectivity index (χ4v) is 3.24. The summed E-state index contributed by atoms with van der Waals surface area (Å²) in [7, 11) is 0. The first-order valence-corrected chi connectivity index (χ1v) is 12.1. The fraction of sp³-hybridized carbons (Fsp3) is 0.800. The van der Waals surface area contributed by atoms with E-state index in [1.165, 1.54) is 18.7 Å². The van der Waals surface area contributed by atoms with Crippen LogP contribution in [0, 0.1) is 5.92 Å². The Morgan fingerprint density at radius 2 is 1.61 bits per heavy atom. The molecule has 180 valence electrons. The molecule has 10 nitrogen and oxygen atoms in total. The van der Waals surface area contributed by atoms with Gasteiger partial charge in [0.1, 0.15) is 18.1 Å². The van der Waals surface area contributed by atoms with E-state index in [1.807, 2.05) is 13.2 Å². The molecule has 0 bridgehead atoms. The Bertz CT molecular complexity index is 592. The molecule has 0 aliphatic carbocycles. The van der Waals surface area contributed by atoms with Gasteiger partial charge < -0.3 is 32.5 Å². The van der Waals surface area contributed by atoms with Crippen molar-refractivity contribution in [2.24, 2.45) is 17.4 Å². The Labute approximate surface area is 189 Å². The first-order valence-electron chi connectivity index (χ1n) is 10.7. The summed E-state index contributed by atoms with van der Waals surface area (Å²) in [5.41, 5.74) is 11.3. The molecule has 0 fully saturated rings. The Balaban J connectivity index is 4.99. The average Bonchev–Trinajstić information content (AvgIpc) is 2.73. The lowest BCUT2D eigenvalue weighted by molar-refractivity contribution is -0.143. The summed E-state index contributed by atoms with van der Waals surface area (Å²) >= 11 is 1.52. The van der Waals surface area contributed by atoms with Gasteiger partial charge in [0.05, 0.1) is 6.04 Å². The molecule has 5 atom stereocenters. The molecule has 0 heterocycles. The van der Waals surface area contributed by atoms with E-state index in [2.05, 4.69) is 16.0 Å². The number of carboxylic acid groups (broad SMARTS) is 1. The average molecular weight is 462 g/mol. The highest BCUT2D eigenvalue weighted by atomic mass is 32.2. The quantitative estimate of drug-likeness (QED) is 0.171. The van der Waals surface area contributed by atoms with Gasteiger partial charge in [-0.05, 0) is 50.7 Å². The lowest BCUT2D eigenvalue weighted by atomic mass is 9.99. The third-order valence-corrected chi connectivity index (χ3v) is 5.72. The highest BCUT2D eigenvalue weighted by Crippen LogP contribution is 2.08. The summed E-state index contributed by atoms with van der Waals surface area (Å²) in [5, 5.41) is 17.0. The van der Waals surface area contributed by atoms with Gasteiger partial charge >= 0.3 is 5.97 Å². The van der Waals surface area contributed by atoms with Gasteiger partial charge in [-0.3, -0.25) is 14.4 Å². The van der Waals surface area contributed by atoms with E-state index in [4.69, 9.17) is 11.5 Å². The van der Waals surface area contributed by atoms with Gasteiger partial charge in [0, 0.05) is 0 Å². The third-order valence-electron chi connectivity index (χ3n) is 5.08. The highest BCUT2D eigenvalue weighted by molar-refractivity contribution is 7.98. The van der Waals surface area contributed by atoms with Crippen molar-refractivity contribution in [3.8, 4) is 0 Å². The molecule has 3 amide bonds. The minimum absolute atomic E-state index is 0.265. The Morgan fingerprint density at radius 3 is 2.13 bits per heavy atom. The predicted molar refractivity (Wildman–Crippen MR) is 122 cm³/mol. The highest BCUT2D eigenvalue weighted by Gasteiger charge is 2.29. The lowest BCUT2D eigenvalue weighted by Gasteiger charge is -2.25. The molecule has 0 aromatic heterocycles. The smallest absolute Gasteiger partial charge is 0.326 e. The molecule has 0 radical (unpaired) electrons. The van der Waals surface area contributed by atoms with Gasteiger partial charge in [0.2, 0.25) is 17.7 Å². The Morgan fingerprint density at radius 1 is 0.968 bits per heavy atom. The first kappa shape index (κ1) is 29.1. The van der Waals surface area contributed by atoms with Gasteiger partial charge in [0.25, 0.3) is 0 Å². The fourth-order valence-electron chi connectivity index (χ4n) is 2.76. The summed E-state index contributed by atoms with van der Waals surface area (Å²) in [6.07, 6.45) is 4.76. The standard InChI is InChI=1S/C20H39N5O5S/c1-5-12(2)16(20(29)30)25-17(26)13(3)23-19(28)15(9-11-31-4)24-18(27)14(22)8-6-7-10-21/h12-16H,5-11,21-22H2,1-4H3,(H,23,28)(H,24,27)(H,25,26)(H,29,30). The zero-order valence-electron chi connectivity index (χ0n) is 19.0. The van der Waals surface area contributed by atoms with Crippen LogP contribution in [0.2, 0.25) is 0 Å². The summed E-state index contributed by atoms with van der Waals surface area (Å²) in [4.78, 5) is 48.9. The lowest BCUT2D eigenvalue weighted by Crippen LogP contribution is -2.57. The molecule has 0 saturated carbocycles. The van der Waals surface area contributed by atoms with Crippen molar-refractivity contribution in [2.75, 3.05) is 18.6 Å². The molecule has 8 N–H and O–H groups in total. The molecule has 0 aliphatic heterocycles. The first-order chi connectivity index (χ1) is 14.6. The summed E-state index contributed by atoms with van der Waals surface area (Å²) in [6.45, 7) is 5.55. The molecule has 0 aromatic rings. The number of aliphatic carboxylic acids is 1. The largest absolute Gasteiger partial charge is 0.480 e. The zero-order chi connectivity index (χ0) is 24.0. The van der Waals surface area contributed by atoms with E-state index in [0.717, 1.165) is 6.42 Å². The van der Waals surface area contributed by atoms with Crippen LogP contribution in [0.15, 0.2) is 0 Å². The maximum atomic E-state index is 12.7.